The molecule has 1 aliphatic heterocycles. The van der Waals surface area contributed by atoms with E-state index in [4.69, 9.17) is 0 Å². The van der Waals surface area contributed by atoms with E-state index in [2.05, 4.69) is 10.6 Å². The number of rotatable bonds is 2. The van der Waals surface area contributed by atoms with Gasteiger partial charge in [0.2, 0.25) is 6.41 Å². The van der Waals surface area contributed by atoms with Crippen molar-refractivity contribution < 1.29 is 19.2 Å². The van der Waals surface area contributed by atoms with Crippen LogP contribution in [0.15, 0.2) is 24.3 Å². The third kappa shape index (κ3) is 1.80. The molecule has 104 valence electrons. The third-order valence-electron chi connectivity index (χ3n) is 3.52. The predicted molar refractivity (Wildman–Crippen MR) is 74.0 cm³/mol. The number of benzene rings is 2. The zero-order valence-electron chi connectivity index (χ0n) is 11.0. The quantitative estimate of drug-likeness (QED) is 0.632. The third-order valence-corrected chi connectivity index (χ3v) is 3.52. The van der Waals surface area contributed by atoms with E-state index in [1.807, 2.05) is 0 Å². The summed E-state index contributed by atoms with van der Waals surface area (Å²) in [5, 5.41) is 5.28. The van der Waals surface area contributed by atoms with E-state index >= 15 is 0 Å². The summed E-state index contributed by atoms with van der Waals surface area (Å²) in [6.45, 7) is 1.78. The first-order valence-corrected chi connectivity index (χ1v) is 6.21. The van der Waals surface area contributed by atoms with Crippen molar-refractivity contribution in [3.63, 3.8) is 0 Å². The summed E-state index contributed by atoms with van der Waals surface area (Å²) in [7, 11) is 0. The Kier molecular flexibility index (Phi) is 2.79. The van der Waals surface area contributed by atoms with Crippen molar-refractivity contribution in [2.45, 2.75) is 6.92 Å². The molecule has 0 radical (unpaired) electrons. The molecule has 2 aromatic carbocycles. The smallest absolute Gasteiger partial charge is 0.258 e. The Hall–Kier alpha value is -3.02. The van der Waals surface area contributed by atoms with Crippen LogP contribution in [0, 0.1) is 6.92 Å². The summed E-state index contributed by atoms with van der Waals surface area (Å²) in [5.74, 6) is -1.56. The van der Waals surface area contributed by atoms with Gasteiger partial charge in [-0.3, -0.25) is 29.8 Å². The number of amides is 4. The fraction of sp³-hybridized carbons (Fsp3) is 0.0667. The topological polar surface area (TPSA) is 92.3 Å². The van der Waals surface area contributed by atoms with Crippen LogP contribution < -0.4 is 10.6 Å². The highest BCUT2D eigenvalue weighted by Gasteiger charge is 2.27. The lowest BCUT2D eigenvalue weighted by Gasteiger charge is -2.19. The Morgan fingerprint density at radius 3 is 2.29 bits per heavy atom. The van der Waals surface area contributed by atoms with Gasteiger partial charge < -0.3 is 0 Å². The molecule has 6 nitrogen and oxygen atoms in total. The number of hydrogen-bond donors (Lipinski definition) is 2. The van der Waals surface area contributed by atoms with Crippen LogP contribution in [0.4, 0.5) is 0 Å². The van der Waals surface area contributed by atoms with Crippen molar-refractivity contribution in [2.75, 3.05) is 0 Å². The molecule has 4 amide bonds. The van der Waals surface area contributed by atoms with Crippen molar-refractivity contribution in [3.8, 4) is 0 Å². The van der Waals surface area contributed by atoms with E-state index in [-0.39, 0.29) is 5.56 Å². The minimum atomic E-state index is -0.574. The molecule has 0 saturated carbocycles. The maximum absolute atomic E-state index is 12.0. The van der Waals surface area contributed by atoms with Crippen LogP contribution in [0.1, 0.15) is 36.6 Å². The highest BCUT2D eigenvalue weighted by molar-refractivity contribution is 6.28. The molecule has 21 heavy (non-hydrogen) atoms. The second-order valence-corrected chi connectivity index (χ2v) is 4.72. The number of carbonyl (C=O) groups is 4. The van der Waals surface area contributed by atoms with Crippen molar-refractivity contribution in [2.24, 2.45) is 0 Å². The number of imide groups is 2. The van der Waals surface area contributed by atoms with Crippen LogP contribution in [0.2, 0.25) is 0 Å². The maximum atomic E-state index is 12.0. The maximum Gasteiger partial charge on any atom is 0.258 e. The van der Waals surface area contributed by atoms with E-state index in [0.717, 1.165) is 5.56 Å². The molecule has 2 aromatic rings. The van der Waals surface area contributed by atoms with Gasteiger partial charge in [-0.1, -0.05) is 6.07 Å². The van der Waals surface area contributed by atoms with Gasteiger partial charge in [-0.15, -0.1) is 0 Å². The lowest BCUT2D eigenvalue weighted by Crippen LogP contribution is -2.35. The number of aryl methyl sites for hydroxylation is 1. The van der Waals surface area contributed by atoms with E-state index in [1.165, 1.54) is 12.1 Å². The first-order valence-electron chi connectivity index (χ1n) is 6.21. The zero-order chi connectivity index (χ0) is 15.1. The van der Waals surface area contributed by atoms with Crippen LogP contribution in [-0.4, -0.2) is 24.1 Å². The van der Waals surface area contributed by atoms with Gasteiger partial charge in [0, 0.05) is 22.1 Å². The molecule has 0 atom stereocenters. The summed E-state index contributed by atoms with van der Waals surface area (Å²) in [6.07, 6.45) is 0.297. The first-order chi connectivity index (χ1) is 10.0. The van der Waals surface area contributed by atoms with Gasteiger partial charge in [-0.05, 0) is 36.1 Å². The van der Waals surface area contributed by atoms with Crippen molar-refractivity contribution in [1.82, 2.24) is 10.6 Å². The van der Waals surface area contributed by atoms with Crippen molar-refractivity contribution in [3.05, 3.63) is 46.5 Å². The minimum Gasteiger partial charge on any atom is -0.295 e. The van der Waals surface area contributed by atoms with E-state index in [0.29, 0.717) is 28.3 Å². The summed E-state index contributed by atoms with van der Waals surface area (Å²) in [6, 6.07) is 6.27. The van der Waals surface area contributed by atoms with E-state index in [1.54, 1.807) is 19.1 Å². The average molecular weight is 282 g/mol. The fourth-order valence-electron chi connectivity index (χ4n) is 2.60. The molecule has 6 heteroatoms. The predicted octanol–water partition coefficient (Wildman–Crippen LogP) is 0.918. The van der Waals surface area contributed by atoms with Gasteiger partial charge in [0.05, 0.1) is 0 Å². The Morgan fingerprint density at radius 2 is 1.67 bits per heavy atom. The normalized spacial score (nSPS) is 13.0. The van der Waals surface area contributed by atoms with Crippen LogP contribution in [0.5, 0.6) is 0 Å². The SMILES string of the molecule is Cc1ccc2c3c(ccc(C(=O)NC=O)c13)C(=O)NC2=O. The second kappa shape index (κ2) is 4.52. The number of hydrogen-bond acceptors (Lipinski definition) is 4. The molecule has 0 unspecified atom stereocenters. The van der Waals surface area contributed by atoms with Gasteiger partial charge in [0.15, 0.2) is 0 Å². The molecule has 0 spiro atoms. The Morgan fingerprint density at radius 1 is 1.05 bits per heavy atom. The molecular weight excluding hydrogens is 272 g/mol. The highest BCUT2D eigenvalue weighted by atomic mass is 16.2. The lowest BCUT2D eigenvalue weighted by atomic mass is 9.89. The van der Waals surface area contributed by atoms with Crippen LogP contribution in [0.25, 0.3) is 10.8 Å². The van der Waals surface area contributed by atoms with Crippen molar-refractivity contribution >= 4 is 34.9 Å². The van der Waals surface area contributed by atoms with Crippen molar-refractivity contribution in [1.29, 1.82) is 0 Å². The molecular formula is C15H10N2O4. The van der Waals surface area contributed by atoms with E-state index < -0.39 is 17.7 Å². The Bertz CT molecular complexity index is 819. The van der Waals surface area contributed by atoms with Crippen LogP contribution in [-0.2, 0) is 4.79 Å². The summed E-state index contributed by atoms with van der Waals surface area (Å²) < 4.78 is 0. The standard InChI is InChI=1S/C15H10N2O4/c1-7-2-3-9-12-10(15(21)17-14(9)20)5-4-8(11(7)12)13(19)16-6-18/h2-6H,1H3,(H,16,18,19)(H,17,20,21). The second-order valence-electron chi connectivity index (χ2n) is 4.72. The van der Waals surface area contributed by atoms with Gasteiger partial charge >= 0.3 is 0 Å². The number of carbonyl (C=O) groups excluding carboxylic acids is 4. The Balaban J connectivity index is 2.44. The molecule has 0 saturated heterocycles. The molecule has 0 bridgehead atoms. The molecule has 0 aromatic heterocycles. The highest BCUT2D eigenvalue weighted by Crippen LogP contribution is 2.31. The zero-order valence-corrected chi connectivity index (χ0v) is 11.0. The minimum absolute atomic E-state index is 0.253. The largest absolute Gasteiger partial charge is 0.295 e. The van der Waals surface area contributed by atoms with Crippen LogP contribution >= 0.6 is 0 Å². The van der Waals surface area contributed by atoms with Gasteiger partial charge in [-0.25, -0.2) is 0 Å². The molecule has 1 aliphatic rings. The summed E-state index contributed by atoms with van der Waals surface area (Å²) in [5.41, 5.74) is 1.67. The van der Waals surface area contributed by atoms with Crippen LogP contribution in [0.3, 0.4) is 0 Å². The molecule has 1 heterocycles. The average Bonchev–Trinajstić information content (AvgIpc) is 2.45. The van der Waals surface area contributed by atoms with Gasteiger partial charge in [0.1, 0.15) is 0 Å². The number of nitrogens with one attached hydrogen (secondary N) is 2. The summed E-state index contributed by atoms with van der Waals surface area (Å²) >= 11 is 0. The summed E-state index contributed by atoms with van der Waals surface area (Å²) in [4.78, 5) is 46.3. The van der Waals surface area contributed by atoms with Gasteiger partial charge in [0.25, 0.3) is 17.7 Å². The fourth-order valence-corrected chi connectivity index (χ4v) is 2.60. The molecule has 2 N–H and O–H groups in total. The monoisotopic (exact) mass is 282 g/mol. The Labute approximate surface area is 119 Å². The molecule has 3 rings (SSSR count). The molecule has 0 fully saturated rings. The lowest BCUT2D eigenvalue weighted by molar-refractivity contribution is -0.108. The molecule has 0 aliphatic carbocycles. The van der Waals surface area contributed by atoms with E-state index in [9.17, 15) is 19.2 Å². The first kappa shape index (κ1) is 13.0. The van der Waals surface area contributed by atoms with Gasteiger partial charge in [-0.2, -0.15) is 0 Å².